The highest BCUT2D eigenvalue weighted by atomic mass is 35.5. The first-order chi connectivity index (χ1) is 22.2. The normalized spacial score (nSPS) is 28.3. The molecule has 1 amide bonds. The fourth-order valence-corrected chi connectivity index (χ4v) is 9.42. The molecule has 4 aliphatic rings. The lowest BCUT2D eigenvalue weighted by Gasteiger charge is -2.47. The molecule has 2 saturated heterocycles. The van der Waals surface area contributed by atoms with Gasteiger partial charge in [0.25, 0.3) is 5.15 Å². The number of benzene rings is 1. The van der Waals surface area contributed by atoms with Crippen LogP contribution in [0.1, 0.15) is 86.6 Å². The minimum atomic E-state index is -5.19. The van der Waals surface area contributed by atoms with Gasteiger partial charge >= 0.3 is 6.18 Å². The maximum absolute atomic E-state index is 14.7. The Morgan fingerprint density at radius 1 is 1.06 bits per heavy atom. The Bertz CT molecular complexity index is 1540. The number of H-pyrrole nitrogens is 1. The number of quaternary nitrogens is 1. The topological polar surface area (TPSA) is 137 Å². The third kappa shape index (κ3) is 8.12. The van der Waals surface area contributed by atoms with E-state index in [-0.39, 0.29) is 23.4 Å². The largest absolute Gasteiger partial charge is 0.542 e. The van der Waals surface area contributed by atoms with Crippen molar-refractivity contribution < 1.29 is 46.6 Å². The SMILES string of the molecule is CS(=O)(=O)NC1CC[C@]2(C[NH2+]CC2C(=O)N2CC[C@@H](c3ccccc3)C[C@H]2C2CCCCC2)c2ccc(Cl)[nH+]c21.O=C([O-])C(F)(F)F. The molecule has 3 fully saturated rings. The average molecular weight is 700 g/mol. The van der Waals surface area contributed by atoms with E-state index < -0.39 is 22.2 Å². The first-order valence-corrected chi connectivity index (χ1v) is 18.6. The highest BCUT2D eigenvalue weighted by Crippen LogP contribution is 2.48. The molecule has 2 aromatic rings. The molecule has 2 aliphatic heterocycles. The molecule has 14 heteroatoms. The zero-order valence-electron chi connectivity index (χ0n) is 26.4. The number of nitrogens with zero attached hydrogens (tertiary/aromatic N) is 1. The van der Waals surface area contributed by atoms with Gasteiger partial charge in [0.2, 0.25) is 21.6 Å². The van der Waals surface area contributed by atoms with E-state index in [1.54, 1.807) is 0 Å². The Kier molecular flexibility index (Phi) is 10.9. The van der Waals surface area contributed by atoms with E-state index >= 15 is 0 Å². The zero-order chi connectivity index (χ0) is 34.0. The summed E-state index contributed by atoms with van der Waals surface area (Å²) in [6.45, 7) is 2.40. The third-order valence-corrected chi connectivity index (χ3v) is 11.5. The van der Waals surface area contributed by atoms with Crippen LogP contribution in [0.5, 0.6) is 0 Å². The molecule has 47 heavy (non-hydrogen) atoms. The van der Waals surface area contributed by atoms with Gasteiger partial charge < -0.3 is 20.1 Å². The molecule has 1 aromatic carbocycles. The van der Waals surface area contributed by atoms with Crippen molar-refractivity contribution in [2.24, 2.45) is 11.8 Å². The third-order valence-electron chi connectivity index (χ3n) is 10.6. The Labute approximate surface area is 278 Å². The van der Waals surface area contributed by atoms with Crippen molar-refractivity contribution in [1.29, 1.82) is 0 Å². The number of carboxylic acid groups (broad SMARTS) is 1. The summed E-state index contributed by atoms with van der Waals surface area (Å²) in [5.74, 6) is -1.78. The van der Waals surface area contributed by atoms with Gasteiger partial charge in [0.1, 0.15) is 17.9 Å². The van der Waals surface area contributed by atoms with E-state index in [1.807, 2.05) is 12.1 Å². The van der Waals surface area contributed by atoms with Crippen LogP contribution in [0.4, 0.5) is 13.2 Å². The number of alkyl halides is 3. The average Bonchev–Trinajstić information content (AvgIpc) is 3.46. The van der Waals surface area contributed by atoms with Crippen LogP contribution in [-0.2, 0) is 25.0 Å². The second kappa shape index (κ2) is 14.4. The number of aromatic nitrogens is 1. The molecule has 258 valence electrons. The maximum atomic E-state index is 14.7. The van der Waals surface area contributed by atoms with Crippen LogP contribution < -0.4 is 20.1 Å². The number of nitrogens with two attached hydrogens (primary N) is 1. The molecule has 0 bridgehead atoms. The van der Waals surface area contributed by atoms with Crippen molar-refractivity contribution in [2.45, 2.75) is 87.4 Å². The number of piperidine rings is 1. The second-order valence-corrected chi connectivity index (χ2v) is 15.7. The number of carbonyl (C=O) groups excluding carboxylic acids is 2. The lowest BCUT2D eigenvalue weighted by atomic mass is 9.64. The van der Waals surface area contributed by atoms with Crippen molar-refractivity contribution in [2.75, 3.05) is 25.9 Å². The van der Waals surface area contributed by atoms with Crippen LogP contribution in [0.25, 0.3) is 0 Å². The number of aromatic amines is 1. The number of halogens is 4. The fourth-order valence-electron chi connectivity index (χ4n) is 8.50. The van der Waals surface area contributed by atoms with Crippen LogP contribution in [0.2, 0.25) is 5.15 Å². The van der Waals surface area contributed by atoms with Gasteiger partial charge in [0.15, 0.2) is 0 Å². The minimum Gasteiger partial charge on any atom is -0.542 e. The zero-order valence-corrected chi connectivity index (χ0v) is 28.0. The number of aliphatic carboxylic acids is 1. The highest BCUT2D eigenvalue weighted by Gasteiger charge is 2.58. The lowest BCUT2D eigenvalue weighted by Crippen LogP contribution is -2.82. The van der Waals surface area contributed by atoms with Gasteiger partial charge in [-0.3, -0.25) is 4.79 Å². The summed E-state index contributed by atoms with van der Waals surface area (Å²) in [5, 5.41) is 11.5. The Morgan fingerprint density at radius 2 is 1.74 bits per heavy atom. The number of fused-ring (bicyclic) bond motifs is 2. The Hall–Kier alpha value is -2.74. The number of rotatable bonds is 5. The molecule has 1 spiro atoms. The van der Waals surface area contributed by atoms with Gasteiger partial charge in [-0.2, -0.15) is 18.2 Å². The predicted molar refractivity (Wildman–Crippen MR) is 166 cm³/mol. The van der Waals surface area contributed by atoms with Crippen LogP contribution >= 0.6 is 11.6 Å². The van der Waals surface area contributed by atoms with Gasteiger partial charge in [-0.15, -0.1) is 0 Å². The van der Waals surface area contributed by atoms with E-state index in [9.17, 15) is 26.4 Å². The van der Waals surface area contributed by atoms with Crippen LogP contribution in [0.3, 0.4) is 0 Å². The van der Waals surface area contributed by atoms with Gasteiger partial charge in [-0.1, -0.05) is 49.6 Å². The number of nitrogens with one attached hydrogen (secondary N) is 2. The predicted octanol–water partition coefficient (Wildman–Crippen LogP) is 2.62. The van der Waals surface area contributed by atoms with E-state index in [4.69, 9.17) is 21.5 Å². The number of carbonyl (C=O) groups is 2. The summed E-state index contributed by atoms with van der Waals surface area (Å²) in [4.78, 5) is 29.1. The molecule has 2 unspecified atom stereocenters. The summed E-state index contributed by atoms with van der Waals surface area (Å²) < 4.78 is 58.7. The molecule has 0 radical (unpaired) electrons. The highest BCUT2D eigenvalue weighted by molar-refractivity contribution is 7.88. The van der Waals surface area contributed by atoms with E-state index in [2.05, 4.69) is 50.3 Å². The van der Waals surface area contributed by atoms with Gasteiger partial charge in [-0.25, -0.2) is 13.1 Å². The first-order valence-electron chi connectivity index (χ1n) is 16.3. The molecular weight excluding hydrogens is 657 g/mol. The molecule has 3 heterocycles. The number of hydrogen-bond acceptors (Lipinski definition) is 5. The van der Waals surface area contributed by atoms with E-state index in [0.29, 0.717) is 29.3 Å². The number of amides is 1. The number of sulfonamides is 1. The van der Waals surface area contributed by atoms with Crippen LogP contribution in [-0.4, -0.2) is 63.3 Å². The summed E-state index contributed by atoms with van der Waals surface area (Å²) in [5.41, 5.74) is 2.92. The summed E-state index contributed by atoms with van der Waals surface area (Å²) in [6, 6.07) is 14.6. The second-order valence-electron chi connectivity index (χ2n) is 13.5. The van der Waals surface area contributed by atoms with Crippen molar-refractivity contribution in [3.05, 3.63) is 64.4 Å². The van der Waals surface area contributed by atoms with Gasteiger partial charge in [-0.05, 0) is 73.6 Å². The summed E-state index contributed by atoms with van der Waals surface area (Å²) in [7, 11) is -3.41. The first kappa shape index (κ1) is 35.6. The van der Waals surface area contributed by atoms with Gasteiger partial charge in [0, 0.05) is 24.2 Å². The Morgan fingerprint density at radius 3 is 2.38 bits per heavy atom. The van der Waals surface area contributed by atoms with Crippen molar-refractivity contribution in [3.63, 3.8) is 0 Å². The molecule has 4 N–H and O–H groups in total. The molecule has 1 saturated carbocycles. The number of carboxylic acids is 1. The van der Waals surface area contributed by atoms with Crippen LogP contribution in [0, 0.1) is 11.8 Å². The monoisotopic (exact) mass is 699 g/mol. The number of likely N-dealkylation sites (tertiary alicyclic amines) is 1. The summed E-state index contributed by atoms with van der Waals surface area (Å²) >= 11 is 6.38. The smallest absolute Gasteiger partial charge is 0.430 e. The minimum absolute atomic E-state index is 0.139. The van der Waals surface area contributed by atoms with E-state index in [1.165, 1.54) is 43.9 Å². The molecule has 6 rings (SSSR count). The molecule has 1 aromatic heterocycles. The Balaban J connectivity index is 0.000000559. The number of hydrogen-bond donors (Lipinski definition) is 2. The molecule has 2 aliphatic carbocycles. The molecule has 5 atom stereocenters. The standard InChI is InChI=1S/C31H41ClN4O3S.C2HF3O2/c1-40(38,39)35-26-14-16-31(24-12-13-28(32)34-29(24)26)20-33-19-25(31)30(37)36-17-15-23(21-8-4-2-5-9-21)18-27(36)22-10-6-3-7-11-22;3-2(4,5)1(6)7/h2,4-5,8-9,12-13,22-23,25-27,33,35H,3,6-7,10-11,14-20H2,1H3;(H,6,7)/p+1/t23-,25?,26?,27+,31+;/m1./s1. The van der Waals surface area contributed by atoms with E-state index in [0.717, 1.165) is 50.2 Å². The van der Waals surface area contributed by atoms with Crippen molar-refractivity contribution in [1.82, 2.24) is 9.62 Å². The summed E-state index contributed by atoms with van der Waals surface area (Å²) in [6.07, 6.45) is 5.71. The van der Waals surface area contributed by atoms with Crippen molar-refractivity contribution in [3.8, 4) is 0 Å². The number of pyridine rings is 1. The van der Waals surface area contributed by atoms with Crippen molar-refractivity contribution >= 4 is 33.5 Å². The fraction of sp³-hybridized carbons (Fsp3) is 0.606. The van der Waals surface area contributed by atoms with Gasteiger partial charge in [0.05, 0.1) is 24.8 Å². The molecular formula is C33H43ClF3N4O5S+. The van der Waals surface area contributed by atoms with Crippen LogP contribution in [0.15, 0.2) is 42.5 Å². The maximum Gasteiger partial charge on any atom is 0.430 e. The lowest BCUT2D eigenvalue weighted by molar-refractivity contribution is -0.640. The quantitative estimate of drug-likeness (QED) is 0.463. The molecule has 9 nitrogen and oxygen atoms in total.